The number of aromatic nitrogens is 3. The van der Waals surface area contributed by atoms with Gasteiger partial charge in [-0.15, -0.1) is 0 Å². The minimum atomic E-state index is 0.589. The Morgan fingerprint density at radius 1 is 0.265 bits per heavy atom. The van der Waals surface area contributed by atoms with Crippen molar-refractivity contribution in [3.8, 4) is 67.5 Å². The first-order valence-electron chi connectivity index (χ1n) is 16.4. The lowest BCUT2D eigenvalue weighted by atomic mass is 10.0. The number of benzene rings is 7. The van der Waals surface area contributed by atoms with Crippen LogP contribution in [0.5, 0.6) is 0 Å². The summed E-state index contributed by atoms with van der Waals surface area (Å²) in [6, 6.07) is 60.5. The summed E-state index contributed by atoms with van der Waals surface area (Å²) >= 11 is 0. The zero-order valence-electron chi connectivity index (χ0n) is 26.5. The molecule has 230 valence electrons. The lowest BCUT2D eigenvalue weighted by Crippen LogP contribution is -2.00. The topological polar surface area (TPSA) is 51.8 Å². The number of fused-ring (bicyclic) bond motifs is 3. The molecule has 0 spiro atoms. The van der Waals surface area contributed by atoms with Gasteiger partial charge in [-0.1, -0.05) is 152 Å². The molecule has 2 heterocycles. The summed E-state index contributed by atoms with van der Waals surface area (Å²) in [7, 11) is 0. The minimum Gasteiger partial charge on any atom is -0.456 e. The maximum Gasteiger partial charge on any atom is 0.164 e. The van der Waals surface area contributed by atoms with Gasteiger partial charge < -0.3 is 4.42 Å². The van der Waals surface area contributed by atoms with E-state index < -0.39 is 0 Å². The van der Waals surface area contributed by atoms with E-state index in [1.165, 1.54) is 11.1 Å². The average molecular weight is 628 g/mol. The highest BCUT2D eigenvalue weighted by molar-refractivity contribution is 6.06. The van der Waals surface area contributed by atoms with E-state index in [0.717, 1.165) is 60.9 Å². The van der Waals surface area contributed by atoms with Crippen LogP contribution in [-0.4, -0.2) is 15.0 Å². The monoisotopic (exact) mass is 627 g/mol. The molecule has 0 atom stereocenters. The molecule has 4 nitrogen and oxygen atoms in total. The molecule has 9 rings (SSSR count). The molecule has 0 aliphatic carbocycles. The molecule has 0 aliphatic heterocycles. The number of hydrogen-bond acceptors (Lipinski definition) is 4. The molecule has 2 aromatic heterocycles. The van der Waals surface area contributed by atoms with Gasteiger partial charge in [0, 0.05) is 27.5 Å². The molecule has 49 heavy (non-hydrogen) atoms. The lowest BCUT2D eigenvalue weighted by molar-refractivity contribution is 0.669. The van der Waals surface area contributed by atoms with Crippen molar-refractivity contribution in [2.24, 2.45) is 0 Å². The Bertz CT molecular complexity index is 2460. The van der Waals surface area contributed by atoms with Crippen LogP contribution in [0.2, 0.25) is 0 Å². The molecule has 4 heteroatoms. The van der Waals surface area contributed by atoms with Crippen LogP contribution < -0.4 is 0 Å². The summed E-state index contributed by atoms with van der Waals surface area (Å²) in [4.78, 5) is 15.0. The van der Waals surface area contributed by atoms with E-state index >= 15 is 0 Å². The number of hydrogen-bond donors (Lipinski definition) is 0. The van der Waals surface area contributed by atoms with E-state index in [1.807, 2.05) is 24.3 Å². The van der Waals surface area contributed by atoms with E-state index in [0.29, 0.717) is 17.5 Å². The Morgan fingerprint density at radius 2 is 0.571 bits per heavy atom. The maximum atomic E-state index is 6.45. The van der Waals surface area contributed by atoms with Crippen LogP contribution in [0.4, 0.5) is 0 Å². The highest BCUT2D eigenvalue weighted by Crippen LogP contribution is 2.35. The fourth-order valence-corrected chi connectivity index (χ4v) is 6.37. The lowest BCUT2D eigenvalue weighted by Gasteiger charge is -2.10. The van der Waals surface area contributed by atoms with Crippen LogP contribution >= 0.6 is 0 Å². The van der Waals surface area contributed by atoms with Gasteiger partial charge in [-0.25, -0.2) is 15.0 Å². The van der Waals surface area contributed by atoms with Gasteiger partial charge in [0.05, 0.1) is 0 Å². The maximum absolute atomic E-state index is 6.45. The first kappa shape index (κ1) is 28.6. The number of nitrogens with zero attached hydrogens (tertiary/aromatic N) is 3. The Hall–Kier alpha value is -6.65. The quantitative estimate of drug-likeness (QED) is 0.184. The third kappa shape index (κ3) is 5.56. The van der Waals surface area contributed by atoms with Crippen molar-refractivity contribution in [2.45, 2.75) is 0 Å². The second-order valence-electron chi connectivity index (χ2n) is 12.1. The Kier molecular flexibility index (Phi) is 7.10. The van der Waals surface area contributed by atoms with Crippen LogP contribution in [0.25, 0.3) is 89.5 Å². The molecule has 0 N–H and O–H groups in total. The summed E-state index contributed by atoms with van der Waals surface area (Å²) in [5, 5.41) is 2.14. The van der Waals surface area contributed by atoms with Crippen molar-refractivity contribution >= 4 is 21.9 Å². The van der Waals surface area contributed by atoms with Crippen LogP contribution in [0.3, 0.4) is 0 Å². The summed E-state index contributed by atoms with van der Waals surface area (Å²) in [5.74, 6) is 1.82. The molecular formula is C45H29N3O. The SMILES string of the molecule is c1ccc(-c2ccc(-c3nc(-c4ccc(-c5ccccc5)cc4)nc(-c4ccc5c(c4)oc4cc(-c6ccccc6)ccc45)n3)cc2)cc1. The third-order valence-electron chi connectivity index (χ3n) is 8.97. The smallest absolute Gasteiger partial charge is 0.164 e. The second kappa shape index (κ2) is 12.2. The van der Waals surface area contributed by atoms with Gasteiger partial charge in [0.15, 0.2) is 17.5 Å². The second-order valence-corrected chi connectivity index (χ2v) is 12.1. The zero-order chi connectivity index (χ0) is 32.6. The van der Waals surface area contributed by atoms with Crippen molar-refractivity contribution in [1.82, 2.24) is 15.0 Å². The van der Waals surface area contributed by atoms with Crippen molar-refractivity contribution < 1.29 is 4.42 Å². The summed E-state index contributed by atoms with van der Waals surface area (Å²) in [6.07, 6.45) is 0. The minimum absolute atomic E-state index is 0.589. The summed E-state index contributed by atoms with van der Waals surface area (Å²) in [6.45, 7) is 0. The van der Waals surface area contributed by atoms with E-state index in [2.05, 4.69) is 152 Å². The van der Waals surface area contributed by atoms with Gasteiger partial charge in [0.1, 0.15) is 11.2 Å². The van der Waals surface area contributed by atoms with Crippen molar-refractivity contribution in [2.75, 3.05) is 0 Å². The van der Waals surface area contributed by atoms with Crippen molar-refractivity contribution in [3.05, 3.63) is 176 Å². The van der Waals surface area contributed by atoms with Gasteiger partial charge in [-0.05, 0) is 57.6 Å². The van der Waals surface area contributed by atoms with E-state index in [1.54, 1.807) is 0 Å². The molecule has 0 aliphatic rings. The number of rotatable bonds is 6. The fourth-order valence-electron chi connectivity index (χ4n) is 6.37. The molecule has 0 fully saturated rings. The van der Waals surface area contributed by atoms with Gasteiger partial charge in [0.2, 0.25) is 0 Å². The van der Waals surface area contributed by atoms with Crippen molar-refractivity contribution in [3.63, 3.8) is 0 Å². The zero-order valence-corrected chi connectivity index (χ0v) is 26.5. The molecule has 0 amide bonds. The molecule has 0 radical (unpaired) electrons. The predicted molar refractivity (Wildman–Crippen MR) is 200 cm³/mol. The molecule has 7 aromatic carbocycles. The van der Waals surface area contributed by atoms with Crippen LogP contribution in [0.15, 0.2) is 180 Å². The largest absolute Gasteiger partial charge is 0.456 e. The van der Waals surface area contributed by atoms with Crippen LogP contribution in [0.1, 0.15) is 0 Å². The van der Waals surface area contributed by atoms with E-state index in [-0.39, 0.29) is 0 Å². The van der Waals surface area contributed by atoms with Crippen LogP contribution in [-0.2, 0) is 0 Å². The third-order valence-corrected chi connectivity index (χ3v) is 8.97. The average Bonchev–Trinajstić information content (AvgIpc) is 3.56. The predicted octanol–water partition coefficient (Wildman–Crippen LogP) is 11.8. The molecule has 0 unspecified atom stereocenters. The molecule has 0 bridgehead atoms. The Morgan fingerprint density at radius 3 is 1.02 bits per heavy atom. The molecule has 9 aromatic rings. The van der Waals surface area contributed by atoms with Gasteiger partial charge >= 0.3 is 0 Å². The van der Waals surface area contributed by atoms with Crippen molar-refractivity contribution in [1.29, 1.82) is 0 Å². The highest BCUT2D eigenvalue weighted by atomic mass is 16.3. The first-order chi connectivity index (χ1) is 24.2. The fraction of sp³-hybridized carbons (Fsp3) is 0. The van der Waals surface area contributed by atoms with E-state index in [4.69, 9.17) is 19.4 Å². The molecule has 0 saturated heterocycles. The summed E-state index contributed by atoms with van der Waals surface area (Å²) < 4.78 is 6.45. The summed E-state index contributed by atoms with van der Waals surface area (Å²) in [5.41, 5.74) is 11.2. The number of furan rings is 1. The molecule has 0 saturated carbocycles. The Balaban J connectivity index is 1.14. The van der Waals surface area contributed by atoms with Gasteiger partial charge in [-0.3, -0.25) is 0 Å². The van der Waals surface area contributed by atoms with Gasteiger partial charge in [-0.2, -0.15) is 0 Å². The standard InChI is InChI=1S/C45H29N3O/c1-4-10-30(11-5-1)33-16-20-35(21-17-33)43-46-44(36-22-18-34(19-23-36)31-12-6-2-7-13-31)48-45(47-43)38-25-27-40-39-26-24-37(32-14-8-3-9-15-32)28-41(39)49-42(40)29-38/h1-29H. The van der Waals surface area contributed by atoms with E-state index in [9.17, 15) is 0 Å². The first-order valence-corrected chi connectivity index (χ1v) is 16.4. The van der Waals surface area contributed by atoms with Gasteiger partial charge in [0.25, 0.3) is 0 Å². The normalized spacial score (nSPS) is 11.3. The Labute approximate surface area is 284 Å². The molecular weight excluding hydrogens is 599 g/mol. The highest BCUT2D eigenvalue weighted by Gasteiger charge is 2.15. The van der Waals surface area contributed by atoms with Crippen LogP contribution in [0, 0.1) is 0 Å².